The summed E-state index contributed by atoms with van der Waals surface area (Å²) >= 11 is 7.50. The molecule has 0 atom stereocenters. The molecule has 4 heterocycles. The number of thiophene rings is 1. The molecule has 0 aliphatic carbocycles. The van der Waals surface area contributed by atoms with E-state index in [1.54, 1.807) is 24.7 Å². The number of halogens is 1. The van der Waals surface area contributed by atoms with Crippen molar-refractivity contribution in [3.05, 3.63) is 61.6 Å². The van der Waals surface area contributed by atoms with Gasteiger partial charge in [-0.2, -0.15) is 0 Å². The van der Waals surface area contributed by atoms with Gasteiger partial charge in [0.05, 0.1) is 18.0 Å². The number of hydrogen-bond acceptors (Lipinski definition) is 7. The molecular weight excluding hydrogens is 438 g/mol. The maximum absolute atomic E-state index is 12.8. The lowest BCUT2D eigenvalue weighted by atomic mass is 10.1. The average molecular weight is 456 g/mol. The van der Waals surface area contributed by atoms with Crippen LogP contribution in [-0.2, 0) is 24.3 Å². The number of nitrogens with zero attached hydrogens (tertiary/aromatic N) is 3. The van der Waals surface area contributed by atoms with Crippen LogP contribution in [0.2, 0.25) is 5.15 Å². The van der Waals surface area contributed by atoms with Crippen LogP contribution in [0.1, 0.15) is 33.0 Å². The first kappa shape index (κ1) is 20.0. The zero-order valence-electron chi connectivity index (χ0n) is 16.9. The lowest BCUT2D eigenvalue weighted by Crippen LogP contribution is -2.20. The number of esters is 1. The van der Waals surface area contributed by atoms with Crippen molar-refractivity contribution < 1.29 is 14.3 Å². The highest BCUT2D eigenvalue weighted by molar-refractivity contribution is 7.20. The van der Waals surface area contributed by atoms with E-state index in [0.717, 1.165) is 24.1 Å². The fourth-order valence-electron chi connectivity index (χ4n) is 3.87. The fraction of sp³-hybridized carbons (Fsp3) is 0.273. The van der Waals surface area contributed by atoms with Crippen LogP contribution in [0.3, 0.4) is 0 Å². The van der Waals surface area contributed by atoms with E-state index in [4.69, 9.17) is 21.1 Å². The van der Waals surface area contributed by atoms with E-state index in [1.807, 2.05) is 18.2 Å². The molecule has 9 heteroatoms. The highest BCUT2D eigenvalue weighted by Crippen LogP contribution is 2.30. The number of rotatable bonds is 4. The zero-order chi connectivity index (χ0) is 21.7. The van der Waals surface area contributed by atoms with Crippen molar-refractivity contribution in [3.8, 4) is 5.75 Å². The zero-order valence-corrected chi connectivity index (χ0v) is 18.5. The molecule has 5 rings (SSSR count). The molecular formula is C22H18ClN3O4S. The van der Waals surface area contributed by atoms with Crippen molar-refractivity contribution in [1.29, 1.82) is 0 Å². The van der Waals surface area contributed by atoms with Crippen molar-refractivity contribution in [2.45, 2.75) is 32.9 Å². The number of methoxy groups -OCH3 is 1. The molecule has 1 aliphatic rings. The normalized spacial score (nSPS) is 13.0. The molecule has 0 spiro atoms. The summed E-state index contributed by atoms with van der Waals surface area (Å²) in [5.41, 5.74) is 1.82. The quantitative estimate of drug-likeness (QED) is 0.337. The first-order valence-corrected chi connectivity index (χ1v) is 11.0. The minimum atomic E-state index is -0.504. The number of pyridine rings is 1. The van der Waals surface area contributed by atoms with Gasteiger partial charge in [-0.15, -0.1) is 11.3 Å². The van der Waals surface area contributed by atoms with E-state index in [9.17, 15) is 9.59 Å². The monoisotopic (exact) mass is 455 g/mol. The Morgan fingerprint density at radius 1 is 1.29 bits per heavy atom. The number of aromatic nitrogens is 3. The molecule has 0 radical (unpaired) electrons. The maximum atomic E-state index is 12.8. The summed E-state index contributed by atoms with van der Waals surface area (Å²) in [6.45, 7) is 2.41. The number of carbonyl (C=O) groups is 1. The molecule has 0 saturated heterocycles. The van der Waals surface area contributed by atoms with Crippen LogP contribution in [0.5, 0.6) is 5.75 Å². The minimum absolute atomic E-state index is 0.0246. The molecule has 3 aromatic heterocycles. The lowest BCUT2D eigenvalue weighted by molar-refractivity contribution is 0.0478. The third-order valence-corrected chi connectivity index (χ3v) is 7.00. The Balaban J connectivity index is 1.43. The second-order valence-electron chi connectivity index (χ2n) is 7.40. The smallest absolute Gasteiger partial charge is 0.349 e. The van der Waals surface area contributed by atoms with Crippen LogP contribution in [0.15, 0.2) is 29.1 Å². The lowest BCUT2D eigenvalue weighted by Gasteiger charge is -2.08. The number of hydrogen-bond donors (Lipinski definition) is 0. The summed E-state index contributed by atoms with van der Waals surface area (Å²) in [5.74, 6) is 0.964. The van der Waals surface area contributed by atoms with Crippen molar-refractivity contribution in [1.82, 2.24) is 14.5 Å². The Morgan fingerprint density at radius 2 is 2.13 bits per heavy atom. The largest absolute Gasteiger partial charge is 0.497 e. The molecule has 0 bridgehead atoms. The molecule has 1 aromatic carbocycles. The van der Waals surface area contributed by atoms with E-state index in [2.05, 4.69) is 9.97 Å². The van der Waals surface area contributed by atoms with E-state index in [0.29, 0.717) is 44.0 Å². The van der Waals surface area contributed by atoms with Gasteiger partial charge in [-0.05, 0) is 37.1 Å². The first-order chi connectivity index (χ1) is 15.0. The molecule has 0 unspecified atom stereocenters. The Kier molecular flexibility index (Phi) is 4.91. The Morgan fingerprint density at radius 3 is 2.94 bits per heavy atom. The van der Waals surface area contributed by atoms with Gasteiger partial charge in [0.25, 0.3) is 5.56 Å². The highest BCUT2D eigenvalue weighted by Gasteiger charge is 2.24. The van der Waals surface area contributed by atoms with Gasteiger partial charge in [0.2, 0.25) is 0 Å². The molecule has 0 fully saturated rings. The van der Waals surface area contributed by atoms with Gasteiger partial charge in [0.1, 0.15) is 33.0 Å². The predicted octanol–water partition coefficient (Wildman–Crippen LogP) is 4.28. The fourth-order valence-corrected chi connectivity index (χ4v) is 5.16. The van der Waals surface area contributed by atoms with Crippen LogP contribution < -0.4 is 10.3 Å². The molecule has 4 aromatic rings. The van der Waals surface area contributed by atoms with Gasteiger partial charge in [0, 0.05) is 30.0 Å². The third kappa shape index (κ3) is 3.36. The second kappa shape index (κ2) is 7.62. The van der Waals surface area contributed by atoms with E-state index < -0.39 is 5.97 Å². The van der Waals surface area contributed by atoms with Gasteiger partial charge in [-0.25, -0.2) is 14.8 Å². The van der Waals surface area contributed by atoms with Crippen LogP contribution in [-0.4, -0.2) is 27.6 Å². The van der Waals surface area contributed by atoms with Gasteiger partial charge in [-0.3, -0.25) is 9.36 Å². The summed E-state index contributed by atoms with van der Waals surface area (Å²) < 4.78 is 12.4. The van der Waals surface area contributed by atoms with Gasteiger partial charge < -0.3 is 9.47 Å². The first-order valence-electron chi connectivity index (χ1n) is 9.79. The molecule has 31 heavy (non-hydrogen) atoms. The summed E-state index contributed by atoms with van der Waals surface area (Å²) in [6, 6.07) is 7.34. The summed E-state index contributed by atoms with van der Waals surface area (Å²) in [4.78, 5) is 35.6. The van der Waals surface area contributed by atoms with Gasteiger partial charge >= 0.3 is 5.97 Å². The van der Waals surface area contributed by atoms with Crippen LogP contribution >= 0.6 is 22.9 Å². The minimum Gasteiger partial charge on any atom is -0.497 e. The van der Waals surface area contributed by atoms with Gasteiger partial charge in [0.15, 0.2) is 0 Å². The number of carbonyl (C=O) groups excluding carboxylic acids is 1. The van der Waals surface area contributed by atoms with E-state index >= 15 is 0 Å². The molecule has 0 amide bonds. The van der Waals surface area contributed by atoms with Gasteiger partial charge in [-0.1, -0.05) is 11.6 Å². The van der Waals surface area contributed by atoms with Crippen LogP contribution in [0.25, 0.3) is 21.1 Å². The molecule has 7 nitrogen and oxygen atoms in total. The summed E-state index contributed by atoms with van der Waals surface area (Å²) in [5, 5.41) is 1.63. The SMILES string of the molecule is COc1ccc2cc(COC(=O)c3sc4nc5n(c(=O)c4c3C)CCC5)c(Cl)nc2c1. The van der Waals surface area contributed by atoms with Crippen LogP contribution in [0, 0.1) is 6.92 Å². The summed E-state index contributed by atoms with van der Waals surface area (Å²) in [6.07, 6.45) is 1.70. The van der Waals surface area contributed by atoms with Crippen molar-refractivity contribution in [2.75, 3.05) is 7.11 Å². The number of fused-ring (bicyclic) bond motifs is 3. The maximum Gasteiger partial charge on any atom is 0.349 e. The molecule has 0 N–H and O–H groups in total. The molecule has 1 aliphatic heterocycles. The summed E-state index contributed by atoms with van der Waals surface area (Å²) in [7, 11) is 1.59. The number of aryl methyl sites for hydroxylation is 2. The Bertz CT molecular complexity index is 1430. The van der Waals surface area contributed by atoms with E-state index in [-0.39, 0.29) is 17.3 Å². The predicted molar refractivity (Wildman–Crippen MR) is 119 cm³/mol. The van der Waals surface area contributed by atoms with Crippen molar-refractivity contribution in [2.24, 2.45) is 0 Å². The number of ether oxygens (including phenoxy) is 2. The third-order valence-electron chi connectivity index (χ3n) is 5.51. The number of benzene rings is 1. The Hall–Kier alpha value is -2.97. The Labute approximate surface area is 186 Å². The standard InChI is InChI=1S/C22H18ClN3O4S/c1-11-17-20(25-16-4-3-7-26(16)21(17)27)31-18(11)22(28)30-10-13-8-12-5-6-14(29-2)9-15(12)24-19(13)23/h5-6,8-9H,3-4,7,10H2,1-2H3. The average Bonchev–Trinajstić information content (AvgIpc) is 3.36. The van der Waals surface area contributed by atoms with E-state index in [1.165, 1.54) is 11.3 Å². The van der Waals surface area contributed by atoms with Crippen LogP contribution in [0.4, 0.5) is 0 Å². The highest BCUT2D eigenvalue weighted by atomic mass is 35.5. The van der Waals surface area contributed by atoms with Crippen molar-refractivity contribution >= 4 is 50.0 Å². The topological polar surface area (TPSA) is 83.3 Å². The van der Waals surface area contributed by atoms with Crippen molar-refractivity contribution in [3.63, 3.8) is 0 Å². The second-order valence-corrected chi connectivity index (χ2v) is 8.75. The molecule has 158 valence electrons. The molecule has 0 saturated carbocycles.